The van der Waals surface area contributed by atoms with E-state index in [2.05, 4.69) is 24.4 Å². The Kier molecular flexibility index (Phi) is 3.15. The lowest BCUT2D eigenvalue weighted by atomic mass is 10.1. The largest absolute Gasteiger partial charge is 0.389 e. The lowest BCUT2D eigenvalue weighted by Gasteiger charge is -2.09. The van der Waals surface area contributed by atoms with Crippen molar-refractivity contribution >= 4 is 22.9 Å². The van der Waals surface area contributed by atoms with Crippen LogP contribution in [0.25, 0.3) is 0 Å². The maximum atomic E-state index is 5.63. The standard InChI is InChI=1S/C13H18N2S/c1-8-5-10(8)7-15-11-3-4-12(13(14)16)9(2)6-11/h3-4,6,8,10,15H,5,7H2,1-2H3,(H2,14,16). The van der Waals surface area contributed by atoms with Crippen LogP contribution in [0.5, 0.6) is 0 Å². The van der Waals surface area contributed by atoms with Crippen LogP contribution in [0.3, 0.4) is 0 Å². The Morgan fingerprint density at radius 2 is 2.25 bits per heavy atom. The molecule has 86 valence electrons. The molecular formula is C13H18N2S. The number of anilines is 1. The fourth-order valence-electron chi connectivity index (χ4n) is 1.98. The Morgan fingerprint density at radius 1 is 1.56 bits per heavy atom. The van der Waals surface area contributed by atoms with Crippen LogP contribution in [0.1, 0.15) is 24.5 Å². The van der Waals surface area contributed by atoms with Crippen molar-refractivity contribution in [3.05, 3.63) is 29.3 Å². The van der Waals surface area contributed by atoms with Crippen LogP contribution in [0.2, 0.25) is 0 Å². The van der Waals surface area contributed by atoms with Gasteiger partial charge in [-0.05, 0) is 48.9 Å². The van der Waals surface area contributed by atoms with Crippen LogP contribution in [0.15, 0.2) is 18.2 Å². The minimum absolute atomic E-state index is 0.472. The van der Waals surface area contributed by atoms with E-state index >= 15 is 0 Å². The molecule has 0 bridgehead atoms. The Hall–Kier alpha value is -1.09. The van der Waals surface area contributed by atoms with E-state index in [0.717, 1.165) is 35.2 Å². The number of thiocarbonyl (C=S) groups is 1. The Labute approximate surface area is 102 Å². The molecule has 1 saturated carbocycles. The third-order valence-electron chi connectivity index (χ3n) is 3.34. The molecule has 2 rings (SSSR count). The van der Waals surface area contributed by atoms with E-state index in [9.17, 15) is 0 Å². The molecular weight excluding hydrogens is 216 g/mol. The van der Waals surface area contributed by atoms with Gasteiger partial charge in [-0.25, -0.2) is 0 Å². The summed E-state index contributed by atoms with van der Waals surface area (Å²) in [5.74, 6) is 1.75. The molecule has 0 amide bonds. The van der Waals surface area contributed by atoms with Crippen LogP contribution in [0.4, 0.5) is 5.69 Å². The first-order chi connectivity index (χ1) is 7.58. The molecule has 0 aromatic heterocycles. The molecule has 0 radical (unpaired) electrons. The van der Waals surface area contributed by atoms with Gasteiger partial charge in [0.2, 0.25) is 0 Å². The maximum Gasteiger partial charge on any atom is 0.104 e. The third-order valence-corrected chi connectivity index (χ3v) is 3.56. The van der Waals surface area contributed by atoms with Gasteiger partial charge in [0.05, 0.1) is 0 Å². The summed E-state index contributed by atoms with van der Waals surface area (Å²) in [4.78, 5) is 0.472. The minimum atomic E-state index is 0.472. The van der Waals surface area contributed by atoms with Crippen LogP contribution in [-0.2, 0) is 0 Å². The molecule has 2 nitrogen and oxygen atoms in total. The highest BCUT2D eigenvalue weighted by molar-refractivity contribution is 7.80. The Bertz CT molecular complexity index is 414. The summed E-state index contributed by atoms with van der Waals surface area (Å²) in [5.41, 5.74) is 8.90. The number of benzene rings is 1. The number of nitrogens with two attached hydrogens (primary N) is 1. The molecule has 3 heteroatoms. The predicted molar refractivity (Wildman–Crippen MR) is 72.8 cm³/mol. The first kappa shape index (κ1) is 11.4. The first-order valence-electron chi connectivity index (χ1n) is 5.72. The van der Waals surface area contributed by atoms with Gasteiger partial charge in [-0.2, -0.15) is 0 Å². The van der Waals surface area contributed by atoms with Crippen molar-refractivity contribution in [2.75, 3.05) is 11.9 Å². The summed E-state index contributed by atoms with van der Waals surface area (Å²) >= 11 is 4.98. The van der Waals surface area contributed by atoms with E-state index in [1.807, 2.05) is 13.0 Å². The summed E-state index contributed by atoms with van der Waals surface area (Å²) in [6.07, 6.45) is 1.36. The van der Waals surface area contributed by atoms with Crippen molar-refractivity contribution in [2.45, 2.75) is 20.3 Å². The van der Waals surface area contributed by atoms with Crippen molar-refractivity contribution < 1.29 is 0 Å². The lowest BCUT2D eigenvalue weighted by Crippen LogP contribution is -2.12. The topological polar surface area (TPSA) is 38.0 Å². The Morgan fingerprint density at radius 3 is 2.75 bits per heavy atom. The molecule has 1 aromatic carbocycles. The number of aryl methyl sites for hydroxylation is 1. The third kappa shape index (κ3) is 2.53. The molecule has 0 heterocycles. The van der Waals surface area contributed by atoms with Crippen LogP contribution < -0.4 is 11.1 Å². The predicted octanol–water partition coefficient (Wildman–Crippen LogP) is 2.70. The summed E-state index contributed by atoms with van der Waals surface area (Å²) in [6.45, 7) is 5.42. The van der Waals surface area contributed by atoms with Gasteiger partial charge >= 0.3 is 0 Å². The van der Waals surface area contributed by atoms with Gasteiger partial charge in [0.1, 0.15) is 4.99 Å². The van der Waals surface area contributed by atoms with Crippen LogP contribution in [-0.4, -0.2) is 11.5 Å². The molecule has 1 aliphatic carbocycles. The number of hydrogen-bond donors (Lipinski definition) is 2. The molecule has 2 unspecified atom stereocenters. The van der Waals surface area contributed by atoms with Crippen molar-refractivity contribution in [1.29, 1.82) is 0 Å². The molecule has 1 aliphatic rings. The maximum absolute atomic E-state index is 5.63. The van der Waals surface area contributed by atoms with E-state index in [4.69, 9.17) is 18.0 Å². The van der Waals surface area contributed by atoms with E-state index < -0.39 is 0 Å². The van der Waals surface area contributed by atoms with Gasteiger partial charge in [-0.3, -0.25) is 0 Å². The van der Waals surface area contributed by atoms with Crippen LogP contribution >= 0.6 is 12.2 Å². The molecule has 0 aliphatic heterocycles. The number of rotatable bonds is 4. The molecule has 1 aromatic rings. The van der Waals surface area contributed by atoms with Gasteiger partial charge in [0, 0.05) is 17.8 Å². The van der Waals surface area contributed by atoms with Crippen molar-refractivity contribution in [1.82, 2.24) is 0 Å². The molecule has 0 spiro atoms. The van der Waals surface area contributed by atoms with Gasteiger partial charge in [-0.15, -0.1) is 0 Å². The van der Waals surface area contributed by atoms with Gasteiger partial charge < -0.3 is 11.1 Å². The second-order valence-corrected chi connectivity index (χ2v) is 5.19. The smallest absolute Gasteiger partial charge is 0.104 e. The monoisotopic (exact) mass is 234 g/mol. The average molecular weight is 234 g/mol. The summed E-state index contributed by atoms with van der Waals surface area (Å²) < 4.78 is 0. The second-order valence-electron chi connectivity index (χ2n) is 4.75. The lowest BCUT2D eigenvalue weighted by molar-refractivity contribution is 0.787. The number of nitrogens with one attached hydrogen (secondary N) is 1. The van der Waals surface area contributed by atoms with Gasteiger partial charge in [0.15, 0.2) is 0 Å². The SMILES string of the molecule is Cc1cc(NCC2CC2C)ccc1C(N)=S. The molecule has 3 N–H and O–H groups in total. The van der Waals surface area contributed by atoms with Crippen LogP contribution in [0, 0.1) is 18.8 Å². The van der Waals surface area contributed by atoms with Crippen molar-refractivity contribution in [3.63, 3.8) is 0 Å². The fourth-order valence-corrected chi connectivity index (χ4v) is 2.21. The molecule has 16 heavy (non-hydrogen) atoms. The Balaban J connectivity index is 2.00. The fraction of sp³-hybridized carbons (Fsp3) is 0.462. The van der Waals surface area contributed by atoms with E-state index in [0.29, 0.717) is 4.99 Å². The molecule has 1 fully saturated rings. The van der Waals surface area contributed by atoms with Crippen molar-refractivity contribution in [3.8, 4) is 0 Å². The zero-order valence-electron chi connectivity index (χ0n) is 9.79. The van der Waals surface area contributed by atoms with E-state index in [1.54, 1.807) is 0 Å². The summed E-state index contributed by atoms with van der Waals surface area (Å²) in [7, 11) is 0. The highest BCUT2D eigenvalue weighted by Gasteiger charge is 2.31. The second kappa shape index (κ2) is 4.42. The minimum Gasteiger partial charge on any atom is -0.389 e. The quantitative estimate of drug-likeness (QED) is 0.787. The van der Waals surface area contributed by atoms with E-state index in [-0.39, 0.29) is 0 Å². The zero-order chi connectivity index (χ0) is 11.7. The first-order valence-corrected chi connectivity index (χ1v) is 6.13. The van der Waals surface area contributed by atoms with E-state index in [1.165, 1.54) is 6.42 Å². The van der Waals surface area contributed by atoms with Gasteiger partial charge in [0.25, 0.3) is 0 Å². The molecule has 2 atom stereocenters. The summed E-state index contributed by atoms with van der Waals surface area (Å²) in [5, 5.41) is 3.46. The average Bonchev–Trinajstić information content (AvgIpc) is 2.91. The normalized spacial score (nSPS) is 22.9. The van der Waals surface area contributed by atoms with Gasteiger partial charge in [-0.1, -0.05) is 19.1 Å². The number of hydrogen-bond acceptors (Lipinski definition) is 2. The zero-order valence-corrected chi connectivity index (χ0v) is 10.6. The van der Waals surface area contributed by atoms with Crippen molar-refractivity contribution in [2.24, 2.45) is 17.6 Å². The summed E-state index contributed by atoms with van der Waals surface area (Å²) in [6, 6.07) is 6.16. The molecule has 0 saturated heterocycles. The highest BCUT2D eigenvalue weighted by atomic mass is 32.1. The highest BCUT2D eigenvalue weighted by Crippen LogP contribution is 2.37.